The van der Waals surface area contributed by atoms with E-state index in [2.05, 4.69) is 32.9 Å². The van der Waals surface area contributed by atoms with Gasteiger partial charge in [-0.05, 0) is 75.1 Å². The molecule has 0 radical (unpaired) electrons. The topological polar surface area (TPSA) is 300 Å². The maximum absolute atomic E-state index is 13.6. The normalized spacial score (nSPS) is 11.3. The number of rotatable bonds is 19. The molecule has 1 rings (SSSR count). The van der Waals surface area contributed by atoms with Crippen LogP contribution in [0.5, 0.6) is 0 Å². The van der Waals surface area contributed by atoms with Crippen molar-refractivity contribution in [2.75, 3.05) is 45.4 Å². The first-order chi connectivity index (χ1) is 24.3. The number of aliphatic hydroxyl groups excluding tert-OH is 6. The predicted molar refractivity (Wildman–Crippen MR) is 193 cm³/mol. The molecule has 0 amide bonds. The van der Waals surface area contributed by atoms with Gasteiger partial charge in [0.2, 0.25) is 22.8 Å². The number of carboxylic acid groups (broad SMARTS) is 1. The predicted octanol–water partition coefficient (Wildman–Crippen LogP) is 0.0364. The van der Waals surface area contributed by atoms with Crippen LogP contribution in [0.25, 0.3) is 0 Å². The van der Waals surface area contributed by atoms with Crippen LogP contribution in [0.2, 0.25) is 0 Å². The summed E-state index contributed by atoms with van der Waals surface area (Å²) < 4.78 is 5.30. The summed E-state index contributed by atoms with van der Waals surface area (Å²) in [6, 6.07) is 6.17. The number of ether oxygens (including phenoxy) is 1. The molecular weight excluding hydrogens is 698 g/mol. The smallest absolute Gasteiger partial charge is 0.335 e. The van der Waals surface area contributed by atoms with Gasteiger partial charge in [0, 0.05) is 11.3 Å². The van der Waals surface area contributed by atoms with Crippen molar-refractivity contribution in [2.45, 2.75) is 45.8 Å². The van der Waals surface area contributed by atoms with Gasteiger partial charge in [0.25, 0.3) is 0 Å². The summed E-state index contributed by atoms with van der Waals surface area (Å²) in [4.78, 5) is 76.7. The number of nitrogen functional groups attached to an aromatic ring is 1. The van der Waals surface area contributed by atoms with Gasteiger partial charge in [0.05, 0.1) is 50.6 Å². The second kappa shape index (κ2) is 20.9. The van der Waals surface area contributed by atoms with Crippen molar-refractivity contribution in [3.63, 3.8) is 0 Å². The standard InChI is InChI=1S/C25H32O9.C7H7NO2.C5H12O4/c1-13(2)18(28)24(33,19(29)14(3)4)23(11-26,12-27)25(20(30)15(5)6,21(31)16(7)8)34-22(32)17(9)10;8-6-3-1-2-5(4-6)7(9)10;6-1-5(2-7,3-8)4-9/h26-27,33H,1,3,5,7,9,11-12H2,2,4,6,8,10H3;1-4H,8H2,(H,9,10);6-9H,1-4H2. The van der Waals surface area contributed by atoms with Crippen molar-refractivity contribution < 1.29 is 74.4 Å². The Morgan fingerprint density at radius 1 is 0.623 bits per heavy atom. The number of carboxylic acids is 1. The number of aliphatic hydroxyl groups is 7. The zero-order valence-corrected chi connectivity index (χ0v) is 30.6. The maximum Gasteiger partial charge on any atom is 0.335 e. The number of aromatic carboxylic acids is 1. The SMILES string of the molecule is C=C(C)C(=O)OC(C(=O)C(=C)C)(C(=O)C(=C)C)C(CO)(CO)C(O)(C(=O)C(=C)C)C(=O)C(=C)C.Nc1cccc(C(=O)O)c1.OCC(CO)(CO)CO. The van der Waals surface area contributed by atoms with E-state index in [0.29, 0.717) is 5.69 Å². The number of anilines is 1. The van der Waals surface area contributed by atoms with E-state index in [4.69, 9.17) is 36.0 Å². The number of hydrogen-bond donors (Lipinski definition) is 9. The van der Waals surface area contributed by atoms with Gasteiger partial charge in [0.1, 0.15) is 5.41 Å². The second-order valence-electron chi connectivity index (χ2n) is 12.5. The molecule has 53 heavy (non-hydrogen) atoms. The van der Waals surface area contributed by atoms with Crippen LogP contribution >= 0.6 is 0 Å². The van der Waals surface area contributed by atoms with Crippen LogP contribution in [-0.4, -0.2) is 127 Å². The lowest BCUT2D eigenvalue weighted by Gasteiger charge is -2.52. The van der Waals surface area contributed by atoms with Crippen LogP contribution in [0.15, 0.2) is 85.0 Å². The molecule has 0 aliphatic rings. The van der Waals surface area contributed by atoms with E-state index in [1.807, 2.05) is 0 Å². The summed E-state index contributed by atoms with van der Waals surface area (Å²) >= 11 is 0. The van der Waals surface area contributed by atoms with Crippen LogP contribution in [0.4, 0.5) is 5.69 Å². The minimum atomic E-state index is -3.54. The summed E-state index contributed by atoms with van der Waals surface area (Å²) in [5.74, 6) is -8.02. The van der Waals surface area contributed by atoms with Gasteiger partial charge in [-0.25, -0.2) is 9.59 Å². The fourth-order valence-electron chi connectivity index (χ4n) is 4.44. The highest BCUT2D eigenvalue weighted by atomic mass is 16.6. The third-order valence-corrected chi connectivity index (χ3v) is 7.82. The average molecular weight is 750 g/mol. The fourth-order valence-corrected chi connectivity index (χ4v) is 4.44. The Bertz CT molecular complexity index is 1540. The Morgan fingerprint density at radius 2 is 0.981 bits per heavy atom. The molecule has 0 atom stereocenters. The Hall–Kier alpha value is -4.94. The lowest BCUT2D eigenvalue weighted by Crippen LogP contribution is -2.77. The number of carbonyl (C=O) groups excluding carboxylic acids is 5. The molecule has 16 nitrogen and oxygen atoms in total. The average Bonchev–Trinajstić information content (AvgIpc) is 3.11. The van der Waals surface area contributed by atoms with E-state index in [0.717, 1.165) is 27.7 Å². The molecule has 0 spiro atoms. The van der Waals surface area contributed by atoms with Crippen molar-refractivity contribution in [1.82, 2.24) is 0 Å². The van der Waals surface area contributed by atoms with Crippen LogP contribution in [0.3, 0.4) is 0 Å². The van der Waals surface area contributed by atoms with Gasteiger partial charge in [-0.1, -0.05) is 39.0 Å². The molecule has 0 heterocycles. The van der Waals surface area contributed by atoms with Gasteiger partial charge in [-0.3, -0.25) is 19.2 Å². The molecule has 0 aromatic heterocycles. The Morgan fingerprint density at radius 3 is 1.19 bits per heavy atom. The molecule has 0 saturated carbocycles. The summed E-state index contributed by atoms with van der Waals surface area (Å²) in [5, 5.41) is 75.3. The van der Waals surface area contributed by atoms with E-state index in [9.17, 15) is 44.1 Å². The summed E-state index contributed by atoms with van der Waals surface area (Å²) in [6.07, 6.45) is 0. The van der Waals surface area contributed by atoms with Crippen LogP contribution < -0.4 is 5.73 Å². The minimum Gasteiger partial charge on any atom is -0.478 e. The monoisotopic (exact) mass is 749 g/mol. The number of nitrogens with two attached hydrogens (primary N) is 1. The molecule has 1 aromatic carbocycles. The molecular formula is C37H51NO15. The number of hydrogen-bond acceptors (Lipinski definition) is 15. The van der Waals surface area contributed by atoms with Crippen LogP contribution in [0.1, 0.15) is 45.0 Å². The maximum atomic E-state index is 13.6. The Kier molecular flexibility index (Phi) is 19.8. The van der Waals surface area contributed by atoms with E-state index in [1.165, 1.54) is 19.1 Å². The lowest BCUT2D eigenvalue weighted by molar-refractivity contribution is -0.224. The van der Waals surface area contributed by atoms with Crippen molar-refractivity contribution in [2.24, 2.45) is 10.8 Å². The van der Waals surface area contributed by atoms with E-state index in [1.54, 1.807) is 12.1 Å². The molecule has 0 saturated heterocycles. The molecule has 0 unspecified atom stereocenters. The van der Waals surface area contributed by atoms with E-state index < -0.39 is 119 Å². The summed E-state index contributed by atoms with van der Waals surface area (Å²) in [6.45, 7) is 17.9. The fraction of sp³-hybridized carbons (Fsp3) is 0.405. The number of esters is 1. The molecule has 10 N–H and O–H groups in total. The highest BCUT2D eigenvalue weighted by Gasteiger charge is 2.76. The highest BCUT2D eigenvalue weighted by molar-refractivity contribution is 6.28. The van der Waals surface area contributed by atoms with Gasteiger partial charge in [-0.15, -0.1) is 0 Å². The van der Waals surface area contributed by atoms with E-state index in [-0.39, 0.29) is 11.1 Å². The van der Waals surface area contributed by atoms with E-state index >= 15 is 0 Å². The van der Waals surface area contributed by atoms with Crippen molar-refractivity contribution >= 4 is 40.8 Å². The van der Waals surface area contributed by atoms with Crippen molar-refractivity contribution in [1.29, 1.82) is 0 Å². The Balaban J connectivity index is 0. The molecule has 16 heteroatoms. The molecule has 1 aromatic rings. The third-order valence-electron chi connectivity index (χ3n) is 7.82. The largest absolute Gasteiger partial charge is 0.478 e. The molecule has 0 bridgehead atoms. The molecule has 0 fully saturated rings. The lowest BCUT2D eigenvalue weighted by atomic mass is 9.54. The van der Waals surface area contributed by atoms with Crippen molar-refractivity contribution in [3.8, 4) is 0 Å². The molecule has 0 aliphatic heterocycles. The van der Waals surface area contributed by atoms with Gasteiger partial charge >= 0.3 is 11.9 Å². The van der Waals surface area contributed by atoms with Gasteiger partial charge < -0.3 is 51.3 Å². The number of ketones is 4. The number of carbonyl (C=O) groups is 6. The number of Topliss-reactive ketones (excluding diaryl/α,β-unsaturated/α-hetero) is 4. The van der Waals surface area contributed by atoms with Gasteiger partial charge in [-0.2, -0.15) is 0 Å². The Labute approximate surface area is 307 Å². The highest BCUT2D eigenvalue weighted by Crippen LogP contribution is 2.49. The van der Waals surface area contributed by atoms with Crippen LogP contribution in [0, 0.1) is 10.8 Å². The van der Waals surface area contributed by atoms with Crippen LogP contribution in [-0.2, 0) is 28.7 Å². The first-order valence-electron chi connectivity index (χ1n) is 15.5. The molecule has 294 valence electrons. The first-order valence-corrected chi connectivity index (χ1v) is 15.5. The minimum absolute atomic E-state index is 0.222. The first kappa shape index (κ1) is 50.2. The van der Waals surface area contributed by atoms with Gasteiger partial charge in [0.15, 0.2) is 11.6 Å². The molecule has 0 aliphatic carbocycles. The number of benzene rings is 1. The summed E-state index contributed by atoms with van der Waals surface area (Å²) in [7, 11) is 0. The second-order valence-corrected chi connectivity index (χ2v) is 12.5. The van der Waals surface area contributed by atoms with Crippen molar-refractivity contribution in [3.05, 3.63) is 90.6 Å². The third kappa shape index (κ3) is 10.8. The zero-order chi connectivity index (χ0) is 42.3. The quantitative estimate of drug-likeness (QED) is 0.0390. The zero-order valence-electron chi connectivity index (χ0n) is 30.6. The summed E-state index contributed by atoms with van der Waals surface area (Å²) in [5.41, 5.74) is -7.22.